The van der Waals surface area contributed by atoms with Crippen LogP contribution in [-0.2, 0) is 0 Å². The highest BCUT2D eigenvalue weighted by Gasteiger charge is 2.98. The molecule has 0 saturated carbocycles. The molecule has 0 aromatic carbocycles. The molecule has 0 bridgehead atoms. The van der Waals surface area contributed by atoms with Gasteiger partial charge in [0.1, 0.15) is 5.40 Å². The zero-order chi connectivity index (χ0) is 32.3. The first-order chi connectivity index (χ1) is 16.6. The summed E-state index contributed by atoms with van der Waals surface area (Å²) >= 11 is -0.512. The van der Waals surface area contributed by atoms with E-state index in [1.807, 2.05) is 0 Å². The van der Waals surface area contributed by atoms with E-state index in [9.17, 15) is 101 Å². The van der Waals surface area contributed by atoms with Crippen molar-refractivity contribution in [2.24, 2.45) is 0 Å². The van der Waals surface area contributed by atoms with E-state index in [0.29, 0.717) is 0 Å². The standard InChI is InChI=1S/C14H4F23NS/c15-4(16,1-2-39-3-38)5(17,18)6(19,20)7(21,22)8(23,24)9(25,26)10(27,28)11(29,30)12(31,32)13(33,34)14(35,36)37/h1-2H2. The van der Waals surface area contributed by atoms with Crippen LogP contribution in [0.25, 0.3) is 0 Å². The number of hydrogen-bond acceptors (Lipinski definition) is 2. The molecule has 0 saturated heterocycles. The molecule has 0 aliphatic rings. The molecule has 0 atom stereocenters. The number of thioether (sulfide) groups is 1. The van der Waals surface area contributed by atoms with E-state index in [4.69, 9.17) is 5.26 Å². The average Bonchev–Trinajstić information content (AvgIpc) is 2.71. The van der Waals surface area contributed by atoms with Gasteiger partial charge in [0.2, 0.25) is 0 Å². The molecule has 0 rings (SSSR count). The van der Waals surface area contributed by atoms with Crippen LogP contribution in [0.1, 0.15) is 6.42 Å². The fourth-order valence-corrected chi connectivity index (χ4v) is 2.62. The Labute approximate surface area is 202 Å². The minimum absolute atomic E-state index is 0.512. The van der Waals surface area contributed by atoms with E-state index < -0.39 is 89.3 Å². The van der Waals surface area contributed by atoms with Crippen LogP contribution in [0.5, 0.6) is 0 Å². The van der Waals surface area contributed by atoms with Gasteiger partial charge in [0.15, 0.2) is 0 Å². The lowest BCUT2D eigenvalue weighted by molar-refractivity contribution is -0.478. The van der Waals surface area contributed by atoms with Crippen molar-refractivity contribution in [1.29, 1.82) is 5.26 Å². The zero-order valence-corrected chi connectivity index (χ0v) is 17.8. The second-order valence-electron chi connectivity index (χ2n) is 7.06. The van der Waals surface area contributed by atoms with Crippen LogP contribution in [-0.4, -0.2) is 71.2 Å². The molecule has 1 nitrogen and oxygen atoms in total. The van der Waals surface area contributed by atoms with Crippen molar-refractivity contribution in [2.45, 2.75) is 71.8 Å². The van der Waals surface area contributed by atoms with Crippen LogP contribution in [0.2, 0.25) is 0 Å². The van der Waals surface area contributed by atoms with Gasteiger partial charge in [-0.15, -0.1) is 0 Å². The molecule has 0 aromatic rings. The van der Waals surface area contributed by atoms with E-state index >= 15 is 0 Å². The molecular formula is C14H4F23NS. The van der Waals surface area contributed by atoms with Gasteiger partial charge in [0.05, 0.1) is 0 Å². The third kappa shape index (κ3) is 4.78. The molecule has 0 radical (unpaired) electrons. The summed E-state index contributed by atoms with van der Waals surface area (Å²) in [5.41, 5.74) is 0. The topological polar surface area (TPSA) is 23.8 Å². The Morgan fingerprint density at radius 1 is 0.385 bits per heavy atom. The molecule has 232 valence electrons. The molecule has 0 aromatic heterocycles. The predicted molar refractivity (Wildman–Crippen MR) is 78.2 cm³/mol. The summed E-state index contributed by atoms with van der Waals surface area (Å²) in [6, 6.07) is 0. The lowest BCUT2D eigenvalue weighted by Crippen LogP contribution is -2.77. The van der Waals surface area contributed by atoms with Crippen molar-refractivity contribution in [3.8, 4) is 5.40 Å². The summed E-state index contributed by atoms with van der Waals surface area (Å²) in [4.78, 5) is 0. The summed E-state index contributed by atoms with van der Waals surface area (Å²) in [5, 5.41) is 8.79. The summed E-state index contributed by atoms with van der Waals surface area (Å²) in [6.45, 7) is 0. The summed E-state index contributed by atoms with van der Waals surface area (Å²) in [6.07, 6.45) is -10.9. The van der Waals surface area contributed by atoms with E-state index in [-0.39, 0.29) is 0 Å². The fraction of sp³-hybridized carbons (Fsp3) is 0.929. The highest BCUT2D eigenvalue weighted by Crippen LogP contribution is 2.67. The van der Waals surface area contributed by atoms with Gasteiger partial charge in [-0.25, -0.2) is 0 Å². The van der Waals surface area contributed by atoms with Crippen molar-refractivity contribution < 1.29 is 101 Å². The van der Waals surface area contributed by atoms with Gasteiger partial charge >= 0.3 is 65.4 Å². The molecule has 0 aliphatic carbocycles. The Morgan fingerprint density at radius 2 is 0.615 bits per heavy atom. The number of rotatable bonds is 12. The number of alkyl halides is 23. The van der Waals surface area contributed by atoms with Gasteiger partial charge in [-0.3, -0.25) is 0 Å². The van der Waals surface area contributed by atoms with Crippen molar-refractivity contribution in [1.82, 2.24) is 0 Å². The Balaban J connectivity index is 7.09. The normalized spacial score (nSPS) is 16.4. The zero-order valence-electron chi connectivity index (χ0n) is 17.0. The molecule has 0 heterocycles. The van der Waals surface area contributed by atoms with Crippen molar-refractivity contribution >= 4 is 11.8 Å². The Kier molecular flexibility index (Phi) is 9.22. The molecule has 0 fully saturated rings. The molecule has 0 unspecified atom stereocenters. The Hall–Kier alpha value is -1.77. The van der Waals surface area contributed by atoms with Gasteiger partial charge in [0, 0.05) is 12.2 Å². The summed E-state index contributed by atoms with van der Waals surface area (Å²) < 4.78 is 303. The maximum absolute atomic E-state index is 13.6. The van der Waals surface area contributed by atoms with Gasteiger partial charge in [-0.2, -0.15) is 106 Å². The average molecular weight is 655 g/mol. The van der Waals surface area contributed by atoms with Crippen LogP contribution in [0, 0.1) is 10.7 Å². The number of nitrogens with zero attached hydrogens (tertiary/aromatic N) is 1. The molecule has 0 spiro atoms. The first-order valence-corrected chi connectivity index (χ1v) is 9.40. The van der Waals surface area contributed by atoms with Crippen LogP contribution in [0.15, 0.2) is 0 Å². The largest absolute Gasteiger partial charge is 0.460 e. The maximum atomic E-state index is 13.6. The number of hydrogen-bond donors (Lipinski definition) is 0. The fourth-order valence-electron chi connectivity index (χ4n) is 2.17. The Morgan fingerprint density at radius 3 is 0.846 bits per heavy atom. The summed E-state index contributed by atoms with van der Waals surface area (Å²) in [5.74, 6) is -89.2. The summed E-state index contributed by atoms with van der Waals surface area (Å²) in [7, 11) is 0. The van der Waals surface area contributed by atoms with Crippen LogP contribution < -0.4 is 0 Å². The van der Waals surface area contributed by atoms with Crippen LogP contribution in [0.3, 0.4) is 0 Å². The monoisotopic (exact) mass is 655 g/mol. The molecule has 0 aliphatic heterocycles. The van der Waals surface area contributed by atoms with Crippen LogP contribution >= 0.6 is 11.8 Å². The van der Waals surface area contributed by atoms with Gasteiger partial charge in [0.25, 0.3) is 0 Å². The van der Waals surface area contributed by atoms with E-state index in [2.05, 4.69) is 0 Å². The second-order valence-corrected chi connectivity index (χ2v) is 7.94. The molecule has 25 heteroatoms. The van der Waals surface area contributed by atoms with Gasteiger partial charge in [-0.1, -0.05) is 0 Å². The maximum Gasteiger partial charge on any atom is 0.460 e. The molecule has 39 heavy (non-hydrogen) atoms. The molecule has 0 N–H and O–H groups in total. The first-order valence-electron chi connectivity index (χ1n) is 8.42. The quantitative estimate of drug-likeness (QED) is 0.120. The Bertz CT molecular complexity index is 924. The molecular weight excluding hydrogens is 651 g/mol. The lowest BCUT2D eigenvalue weighted by atomic mass is 9.85. The minimum atomic E-state index is -9.40. The van der Waals surface area contributed by atoms with Crippen LogP contribution in [0.4, 0.5) is 101 Å². The lowest BCUT2D eigenvalue weighted by Gasteiger charge is -2.45. The smallest absolute Gasteiger partial charge is 0.200 e. The highest BCUT2D eigenvalue weighted by atomic mass is 32.2. The van der Waals surface area contributed by atoms with E-state index in [1.165, 1.54) is 0 Å². The third-order valence-corrected chi connectivity index (χ3v) is 5.09. The van der Waals surface area contributed by atoms with Crippen molar-refractivity contribution in [2.75, 3.05) is 5.75 Å². The van der Waals surface area contributed by atoms with Crippen molar-refractivity contribution in [3.63, 3.8) is 0 Å². The first kappa shape index (κ1) is 37.2. The SMILES string of the molecule is N#CSCCC(F)(F)C(F)(F)C(F)(F)C(F)(F)C(F)(F)C(F)(F)C(F)(F)C(F)(F)C(F)(F)C(F)(F)C(F)(F)F. The van der Waals surface area contributed by atoms with E-state index in [0.717, 1.165) is 5.40 Å². The third-order valence-electron chi connectivity index (χ3n) is 4.55. The number of halogens is 23. The van der Waals surface area contributed by atoms with Crippen molar-refractivity contribution in [3.05, 3.63) is 0 Å². The second kappa shape index (κ2) is 9.66. The predicted octanol–water partition coefficient (Wildman–Crippen LogP) is 8.51. The van der Waals surface area contributed by atoms with Gasteiger partial charge in [-0.05, 0) is 11.8 Å². The highest BCUT2D eigenvalue weighted by molar-refractivity contribution is 8.03. The molecule has 0 amide bonds. The number of thiocyanates is 1. The van der Waals surface area contributed by atoms with Gasteiger partial charge < -0.3 is 0 Å². The minimum Gasteiger partial charge on any atom is -0.200 e. The number of nitriles is 1. The van der Waals surface area contributed by atoms with E-state index in [1.54, 1.807) is 0 Å².